The molecule has 240 valence electrons. The lowest BCUT2D eigenvalue weighted by molar-refractivity contribution is 0.280. The molecule has 0 saturated heterocycles. The van der Waals surface area contributed by atoms with E-state index in [-0.39, 0.29) is 6.10 Å². The van der Waals surface area contributed by atoms with E-state index in [9.17, 15) is 0 Å². The number of thiophene rings is 1. The van der Waals surface area contributed by atoms with Crippen LogP contribution in [0.25, 0.3) is 87.4 Å². The van der Waals surface area contributed by atoms with Crippen LogP contribution >= 0.6 is 11.3 Å². The van der Waals surface area contributed by atoms with Crippen LogP contribution in [0, 0.1) is 0 Å². The molecule has 9 aromatic rings. The van der Waals surface area contributed by atoms with Crippen LogP contribution in [0.1, 0.15) is 12.0 Å². The molecule has 11 rings (SSSR count). The maximum absolute atomic E-state index is 6.80. The molecule has 0 saturated carbocycles. The first kappa shape index (κ1) is 28.5. The summed E-state index contributed by atoms with van der Waals surface area (Å²) in [5.41, 5.74) is 8.74. The normalized spacial score (nSPS) is 15.2. The fourth-order valence-corrected chi connectivity index (χ4v) is 9.14. The number of hydrogen-bond donors (Lipinski definition) is 0. The zero-order valence-electron chi connectivity index (χ0n) is 27.3. The van der Waals surface area contributed by atoms with Gasteiger partial charge in [-0.1, -0.05) is 127 Å². The number of allylic oxidation sites excluding steroid dienone is 2. The highest BCUT2D eigenvalue weighted by Crippen LogP contribution is 2.49. The quantitative estimate of drug-likeness (QED) is 0.187. The number of aromatic nitrogens is 4. The van der Waals surface area contributed by atoms with Crippen LogP contribution in [0.5, 0.6) is 5.75 Å². The molecule has 6 aromatic carbocycles. The SMILES string of the molecule is C1=C2c3c(cccc3-c3nc(-c4ccccc4)nc(-c4ccccc4)n3)OC2CC(n2c3ccccc3c3ccc4c5ccccc5sc4c32)=C1. The first-order valence-corrected chi connectivity index (χ1v) is 18.0. The molecule has 0 N–H and O–H groups in total. The minimum Gasteiger partial charge on any atom is -0.485 e. The van der Waals surface area contributed by atoms with Crippen molar-refractivity contribution < 1.29 is 4.74 Å². The summed E-state index contributed by atoms with van der Waals surface area (Å²) in [5.74, 6) is 2.78. The smallest absolute Gasteiger partial charge is 0.164 e. The molecule has 4 heterocycles. The highest BCUT2D eigenvalue weighted by atomic mass is 32.1. The van der Waals surface area contributed by atoms with Crippen LogP contribution in [0.2, 0.25) is 0 Å². The standard InChI is InChI=1S/C45H28N4OS/c1-3-12-27(13-4-1)43-46-44(28-14-5-2-6-15-28)48-45(47-43)35-18-11-20-37-40(35)34-23-22-29(26-38(34)50-37)49-36-19-9-7-16-30(36)32-24-25-33-31-17-8-10-21-39(31)51-42(33)41(32)49/h1-25,38H,26H2. The van der Waals surface area contributed by atoms with E-state index in [1.54, 1.807) is 0 Å². The summed E-state index contributed by atoms with van der Waals surface area (Å²) in [6.07, 6.45) is 5.14. The van der Waals surface area contributed by atoms with Gasteiger partial charge in [-0.25, -0.2) is 15.0 Å². The van der Waals surface area contributed by atoms with Gasteiger partial charge in [-0.3, -0.25) is 0 Å². The van der Waals surface area contributed by atoms with Crippen LogP contribution in [0.3, 0.4) is 0 Å². The predicted octanol–water partition coefficient (Wildman–Crippen LogP) is 11.4. The van der Waals surface area contributed by atoms with Gasteiger partial charge < -0.3 is 9.30 Å². The van der Waals surface area contributed by atoms with Gasteiger partial charge in [0.05, 0.1) is 15.7 Å². The topological polar surface area (TPSA) is 52.8 Å². The zero-order chi connectivity index (χ0) is 33.5. The van der Waals surface area contributed by atoms with Crippen molar-refractivity contribution in [2.45, 2.75) is 12.5 Å². The van der Waals surface area contributed by atoms with Crippen molar-refractivity contribution in [3.8, 4) is 39.9 Å². The van der Waals surface area contributed by atoms with Gasteiger partial charge in [0.25, 0.3) is 0 Å². The number of rotatable bonds is 4. The molecule has 51 heavy (non-hydrogen) atoms. The summed E-state index contributed by atoms with van der Waals surface area (Å²) in [7, 11) is 0. The zero-order valence-corrected chi connectivity index (χ0v) is 28.1. The number of benzene rings is 6. The van der Waals surface area contributed by atoms with E-state index in [0.717, 1.165) is 40.0 Å². The van der Waals surface area contributed by atoms with Crippen LogP contribution in [-0.4, -0.2) is 25.6 Å². The van der Waals surface area contributed by atoms with E-state index in [0.29, 0.717) is 17.5 Å². The number of nitrogens with zero attached hydrogens (tertiary/aromatic N) is 4. The second-order valence-electron chi connectivity index (χ2n) is 13.1. The van der Waals surface area contributed by atoms with Crippen LogP contribution in [-0.2, 0) is 0 Å². The number of para-hydroxylation sites is 1. The molecule has 0 amide bonds. The third-order valence-corrected chi connectivity index (χ3v) is 11.4. The maximum atomic E-state index is 6.80. The molecule has 0 fully saturated rings. The van der Waals surface area contributed by atoms with Gasteiger partial charge in [0.1, 0.15) is 11.9 Å². The molecule has 5 nitrogen and oxygen atoms in total. The summed E-state index contributed by atoms with van der Waals surface area (Å²) >= 11 is 1.88. The van der Waals surface area contributed by atoms with E-state index >= 15 is 0 Å². The third-order valence-electron chi connectivity index (χ3n) is 10.2. The van der Waals surface area contributed by atoms with Crippen molar-refractivity contribution in [2.75, 3.05) is 0 Å². The molecule has 1 unspecified atom stereocenters. The van der Waals surface area contributed by atoms with Crippen molar-refractivity contribution in [1.29, 1.82) is 0 Å². The van der Waals surface area contributed by atoms with Crippen LogP contribution in [0.4, 0.5) is 0 Å². The summed E-state index contributed by atoms with van der Waals surface area (Å²) in [6, 6.07) is 48.5. The third kappa shape index (κ3) is 4.36. The second-order valence-corrected chi connectivity index (χ2v) is 14.1. The van der Waals surface area contributed by atoms with Crippen molar-refractivity contribution in [1.82, 2.24) is 19.5 Å². The molecule has 2 aliphatic rings. The molecule has 0 radical (unpaired) electrons. The van der Waals surface area contributed by atoms with Gasteiger partial charge in [0.2, 0.25) is 0 Å². The minimum atomic E-state index is -0.136. The largest absolute Gasteiger partial charge is 0.485 e. The Morgan fingerprint density at radius 1 is 0.569 bits per heavy atom. The average molecular weight is 673 g/mol. The van der Waals surface area contributed by atoms with Gasteiger partial charge in [-0.2, -0.15) is 0 Å². The van der Waals surface area contributed by atoms with E-state index in [1.165, 1.54) is 47.7 Å². The summed E-state index contributed by atoms with van der Waals surface area (Å²) in [6.45, 7) is 0. The number of fused-ring (bicyclic) bond motifs is 10. The number of ether oxygens (including phenoxy) is 1. The monoisotopic (exact) mass is 672 g/mol. The van der Waals surface area contributed by atoms with Crippen LogP contribution < -0.4 is 4.74 Å². The Hall–Kier alpha value is -6.37. The Morgan fingerprint density at radius 2 is 1.24 bits per heavy atom. The second kappa shape index (κ2) is 11.1. The van der Waals surface area contributed by atoms with E-state index in [4.69, 9.17) is 19.7 Å². The van der Waals surface area contributed by atoms with Crippen molar-refractivity contribution >= 4 is 64.6 Å². The Balaban J connectivity index is 1.09. The average Bonchev–Trinajstić information content (AvgIpc) is 3.87. The molecule has 6 heteroatoms. The molecular weight excluding hydrogens is 645 g/mol. The Kier molecular flexibility index (Phi) is 6.18. The first-order chi connectivity index (χ1) is 25.3. The molecule has 0 bridgehead atoms. The Bertz CT molecular complexity index is 2860. The highest BCUT2D eigenvalue weighted by molar-refractivity contribution is 7.26. The van der Waals surface area contributed by atoms with Gasteiger partial charge in [0.15, 0.2) is 17.5 Å². The summed E-state index contributed by atoms with van der Waals surface area (Å²) in [5, 5.41) is 5.15. The summed E-state index contributed by atoms with van der Waals surface area (Å²) < 4.78 is 11.9. The lowest BCUT2D eigenvalue weighted by Gasteiger charge is -2.21. The van der Waals surface area contributed by atoms with E-state index in [2.05, 4.69) is 89.5 Å². The lowest BCUT2D eigenvalue weighted by atomic mass is 9.91. The minimum absolute atomic E-state index is 0.136. The maximum Gasteiger partial charge on any atom is 0.164 e. The predicted molar refractivity (Wildman–Crippen MR) is 210 cm³/mol. The molecular formula is C45H28N4OS. The molecule has 1 atom stereocenters. The fourth-order valence-electron chi connectivity index (χ4n) is 7.90. The Morgan fingerprint density at radius 3 is 2.02 bits per heavy atom. The molecule has 3 aromatic heterocycles. The highest BCUT2D eigenvalue weighted by Gasteiger charge is 2.35. The van der Waals surface area contributed by atoms with Gasteiger partial charge in [-0.05, 0) is 24.3 Å². The van der Waals surface area contributed by atoms with Gasteiger partial charge >= 0.3 is 0 Å². The number of hydrogen-bond acceptors (Lipinski definition) is 5. The molecule has 1 aliphatic heterocycles. The van der Waals surface area contributed by atoms with Crippen molar-refractivity contribution in [2.24, 2.45) is 0 Å². The van der Waals surface area contributed by atoms with Crippen molar-refractivity contribution in [3.05, 3.63) is 157 Å². The van der Waals surface area contributed by atoms with Gasteiger partial charge in [-0.15, -0.1) is 11.3 Å². The summed E-state index contributed by atoms with van der Waals surface area (Å²) in [4.78, 5) is 15.0. The molecule has 1 aliphatic carbocycles. The lowest BCUT2D eigenvalue weighted by Crippen LogP contribution is -2.17. The van der Waals surface area contributed by atoms with E-state index in [1.807, 2.05) is 78.1 Å². The van der Waals surface area contributed by atoms with E-state index < -0.39 is 0 Å². The van der Waals surface area contributed by atoms with Crippen LogP contribution in [0.15, 0.2) is 152 Å². The fraction of sp³-hybridized carbons (Fsp3) is 0.0444. The first-order valence-electron chi connectivity index (χ1n) is 17.2. The molecule has 0 spiro atoms. The van der Waals surface area contributed by atoms with Crippen molar-refractivity contribution in [3.63, 3.8) is 0 Å². The van der Waals surface area contributed by atoms with Gasteiger partial charge in [0, 0.05) is 66.2 Å². The Labute approximate surface area is 297 Å².